The molecule has 0 radical (unpaired) electrons. The molecule has 0 saturated carbocycles. The third-order valence-electron chi connectivity index (χ3n) is 11.3. The predicted molar refractivity (Wildman–Crippen MR) is 240 cm³/mol. The van der Waals surface area contributed by atoms with Crippen molar-refractivity contribution in [1.82, 2.24) is 9.88 Å². The molecule has 1 N–H and O–H groups in total. The van der Waals surface area contributed by atoms with Crippen LogP contribution in [0.2, 0.25) is 0 Å². The van der Waals surface area contributed by atoms with Gasteiger partial charge in [-0.1, -0.05) is 164 Å². The summed E-state index contributed by atoms with van der Waals surface area (Å²) in [5, 5.41) is 7.12. The van der Waals surface area contributed by atoms with Gasteiger partial charge in [0.2, 0.25) is 0 Å². The molecule has 4 nitrogen and oxygen atoms in total. The monoisotopic (exact) mass is 743 g/mol. The molecular formula is C54H37N3O. The summed E-state index contributed by atoms with van der Waals surface area (Å²) in [6.07, 6.45) is 2.23. The van der Waals surface area contributed by atoms with Gasteiger partial charge in [0.25, 0.3) is 0 Å². The van der Waals surface area contributed by atoms with Crippen LogP contribution in [0.25, 0.3) is 77.7 Å². The van der Waals surface area contributed by atoms with Gasteiger partial charge in [0.05, 0.1) is 28.2 Å². The summed E-state index contributed by atoms with van der Waals surface area (Å²) in [7, 11) is 0. The zero-order valence-corrected chi connectivity index (χ0v) is 31.6. The molecular weight excluding hydrogens is 707 g/mol. The van der Waals surface area contributed by atoms with Crippen molar-refractivity contribution in [2.24, 2.45) is 4.99 Å². The Balaban J connectivity index is 1.01. The van der Waals surface area contributed by atoms with Gasteiger partial charge in [0.1, 0.15) is 17.2 Å². The van der Waals surface area contributed by atoms with E-state index in [0.29, 0.717) is 0 Å². The van der Waals surface area contributed by atoms with Gasteiger partial charge in [0, 0.05) is 33.2 Å². The molecule has 0 saturated heterocycles. The molecule has 0 aliphatic carbocycles. The Morgan fingerprint density at radius 2 is 1.02 bits per heavy atom. The van der Waals surface area contributed by atoms with Crippen molar-refractivity contribution in [2.45, 2.75) is 6.04 Å². The Hall–Kier alpha value is -7.69. The lowest BCUT2D eigenvalue weighted by molar-refractivity contribution is 0.636. The van der Waals surface area contributed by atoms with E-state index < -0.39 is 0 Å². The maximum Gasteiger partial charge on any atom is 0.145 e. The van der Waals surface area contributed by atoms with E-state index in [4.69, 9.17) is 9.41 Å². The standard InChI is InChI=1S/C54H37N3O/c1-5-15-36(16-6-1)37-25-27-39(28-26-37)47-35-46(38-17-7-2-8-18-38)55-54(56-47)42-29-31-43(32-30-42)57-48-24-14-13-23-44(48)51-49(57)34-33-45-50(40-19-9-3-10-20-40)52(58-53(45)51)41-21-11-4-12-22-41/h1-35,47H,(H,55,56). The summed E-state index contributed by atoms with van der Waals surface area (Å²) in [4.78, 5) is 5.20. The fourth-order valence-corrected chi connectivity index (χ4v) is 8.49. The van der Waals surface area contributed by atoms with Gasteiger partial charge < -0.3 is 14.3 Å². The highest BCUT2D eigenvalue weighted by molar-refractivity contribution is 6.22. The number of aromatic nitrogens is 1. The highest BCUT2D eigenvalue weighted by Gasteiger charge is 2.24. The second-order valence-electron chi connectivity index (χ2n) is 14.8. The van der Waals surface area contributed by atoms with Crippen LogP contribution >= 0.6 is 0 Å². The van der Waals surface area contributed by atoms with Gasteiger partial charge in [-0.15, -0.1) is 0 Å². The third-order valence-corrected chi connectivity index (χ3v) is 11.3. The lowest BCUT2D eigenvalue weighted by Crippen LogP contribution is -2.31. The summed E-state index contributed by atoms with van der Waals surface area (Å²) >= 11 is 0. The smallest absolute Gasteiger partial charge is 0.145 e. The molecule has 58 heavy (non-hydrogen) atoms. The van der Waals surface area contributed by atoms with Crippen LogP contribution in [0.4, 0.5) is 0 Å². The second-order valence-corrected chi connectivity index (χ2v) is 14.8. The molecule has 0 amide bonds. The molecule has 274 valence electrons. The summed E-state index contributed by atoms with van der Waals surface area (Å²) in [6.45, 7) is 0. The number of benzene rings is 8. The Morgan fingerprint density at radius 3 is 1.71 bits per heavy atom. The Kier molecular flexibility index (Phi) is 8.18. The van der Waals surface area contributed by atoms with Gasteiger partial charge in [0.15, 0.2) is 0 Å². The van der Waals surface area contributed by atoms with Crippen molar-refractivity contribution in [3.63, 3.8) is 0 Å². The lowest BCUT2D eigenvalue weighted by atomic mass is 9.97. The van der Waals surface area contributed by atoms with E-state index in [9.17, 15) is 0 Å². The highest BCUT2D eigenvalue weighted by Crippen LogP contribution is 2.46. The van der Waals surface area contributed by atoms with Crippen molar-refractivity contribution in [3.05, 3.63) is 229 Å². The molecule has 8 aromatic carbocycles. The molecule has 1 unspecified atom stereocenters. The van der Waals surface area contributed by atoms with E-state index >= 15 is 0 Å². The van der Waals surface area contributed by atoms with Crippen LogP contribution in [0, 0.1) is 0 Å². The fourth-order valence-electron chi connectivity index (χ4n) is 8.49. The minimum Gasteiger partial charge on any atom is -0.455 e. The highest BCUT2D eigenvalue weighted by atomic mass is 16.3. The summed E-state index contributed by atoms with van der Waals surface area (Å²) in [6, 6.07) is 72.6. The van der Waals surface area contributed by atoms with Crippen LogP contribution in [0.5, 0.6) is 0 Å². The van der Waals surface area contributed by atoms with Gasteiger partial charge in [-0.25, -0.2) is 4.99 Å². The van der Waals surface area contributed by atoms with E-state index in [1.165, 1.54) is 16.7 Å². The number of hydrogen-bond acceptors (Lipinski definition) is 3. The van der Waals surface area contributed by atoms with Crippen LogP contribution in [0.3, 0.4) is 0 Å². The number of aliphatic imine (C=N–C) groups is 1. The maximum absolute atomic E-state index is 6.99. The fraction of sp³-hybridized carbons (Fsp3) is 0.0185. The van der Waals surface area contributed by atoms with Crippen molar-refractivity contribution in [1.29, 1.82) is 0 Å². The Labute approximate surface area is 336 Å². The number of rotatable bonds is 7. The first-order valence-corrected chi connectivity index (χ1v) is 19.7. The van der Waals surface area contributed by atoms with Crippen LogP contribution in [0.1, 0.15) is 22.7 Å². The second kappa shape index (κ2) is 14.1. The molecule has 1 atom stereocenters. The van der Waals surface area contributed by atoms with E-state index in [-0.39, 0.29) is 6.04 Å². The first-order chi connectivity index (χ1) is 28.8. The number of amidine groups is 1. The topological polar surface area (TPSA) is 42.5 Å². The predicted octanol–water partition coefficient (Wildman–Crippen LogP) is 13.7. The number of nitrogens with zero attached hydrogens (tertiary/aromatic N) is 2. The van der Waals surface area contributed by atoms with Crippen molar-refractivity contribution in [2.75, 3.05) is 0 Å². The number of furan rings is 1. The summed E-state index contributed by atoms with van der Waals surface area (Å²) < 4.78 is 9.34. The van der Waals surface area contributed by atoms with Crippen LogP contribution in [-0.2, 0) is 0 Å². The molecule has 0 fully saturated rings. The first-order valence-electron chi connectivity index (χ1n) is 19.7. The molecule has 0 spiro atoms. The van der Waals surface area contributed by atoms with Crippen molar-refractivity contribution in [3.8, 4) is 39.3 Å². The van der Waals surface area contributed by atoms with Gasteiger partial charge >= 0.3 is 0 Å². The van der Waals surface area contributed by atoms with Gasteiger partial charge in [-0.3, -0.25) is 0 Å². The SMILES string of the molecule is C1=C(c2ccccc2)N=C(c2ccc(-n3c4ccccc4c4c5oc(-c6ccccc6)c(-c6ccccc6)c5ccc43)cc2)NC1c1ccc(-c2ccccc2)cc1. The summed E-state index contributed by atoms with van der Waals surface area (Å²) in [5.74, 6) is 1.72. The quantitative estimate of drug-likeness (QED) is 0.177. The minimum atomic E-state index is -0.0539. The lowest BCUT2D eigenvalue weighted by Gasteiger charge is -2.25. The number of fused-ring (bicyclic) bond motifs is 5. The van der Waals surface area contributed by atoms with Crippen LogP contribution in [-0.4, -0.2) is 10.4 Å². The Morgan fingerprint density at radius 1 is 0.448 bits per heavy atom. The molecule has 1 aliphatic rings. The Bertz CT molecular complexity index is 3140. The minimum absolute atomic E-state index is 0.0539. The number of para-hydroxylation sites is 1. The molecule has 2 aromatic heterocycles. The number of hydrogen-bond donors (Lipinski definition) is 1. The van der Waals surface area contributed by atoms with Gasteiger partial charge in [-0.2, -0.15) is 0 Å². The largest absolute Gasteiger partial charge is 0.455 e. The zero-order valence-electron chi connectivity index (χ0n) is 31.6. The van der Waals surface area contributed by atoms with Crippen molar-refractivity contribution < 1.29 is 4.42 Å². The average molecular weight is 744 g/mol. The number of nitrogens with one attached hydrogen (secondary N) is 1. The van der Waals surface area contributed by atoms with E-state index in [1.807, 2.05) is 12.1 Å². The van der Waals surface area contributed by atoms with Crippen LogP contribution in [0.15, 0.2) is 222 Å². The molecule has 3 heterocycles. The molecule has 4 heteroatoms. The summed E-state index contributed by atoms with van der Waals surface area (Å²) in [5.41, 5.74) is 14.1. The molecule has 10 aromatic rings. The molecule has 0 bridgehead atoms. The van der Waals surface area contributed by atoms with Crippen molar-refractivity contribution >= 4 is 44.3 Å². The normalized spacial score (nSPS) is 14.0. The van der Waals surface area contributed by atoms with E-state index in [1.54, 1.807) is 0 Å². The van der Waals surface area contributed by atoms with Gasteiger partial charge in [-0.05, 0) is 76.4 Å². The zero-order chi connectivity index (χ0) is 38.4. The van der Waals surface area contributed by atoms with Crippen LogP contribution < -0.4 is 5.32 Å². The third kappa shape index (κ3) is 5.82. The van der Waals surface area contributed by atoms with E-state index in [2.05, 4.69) is 210 Å². The first kappa shape index (κ1) is 33.6. The maximum atomic E-state index is 6.99. The molecule has 1 aliphatic heterocycles. The average Bonchev–Trinajstić information content (AvgIpc) is 3.87. The van der Waals surface area contributed by atoms with E-state index in [0.717, 1.165) is 83.6 Å². The molecule has 11 rings (SSSR count).